The van der Waals surface area contributed by atoms with Crippen LogP contribution in [0.3, 0.4) is 0 Å². The van der Waals surface area contributed by atoms with Crippen LogP contribution in [0.1, 0.15) is 70.8 Å². The van der Waals surface area contributed by atoms with Crippen LogP contribution in [0.2, 0.25) is 17.6 Å². The van der Waals surface area contributed by atoms with E-state index in [0.717, 1.165) is 12.1 Å². The Balaban J connectivity index is 2.04. The van der Waals surface area contributed by atoms with Gasteiger partial charge in [0, 0.05) is 6.61 Å². The molecule has 3 unspecified atom stereocenters. The van der Waals surface area contributed by atoms with E-state index in [1.165, 1.54) is 56.2 Å². The Labute approximate surface area is 138 Å². The largest absolute Gasteiger partial charge is 0.417 e. The van der Waals surface area contributed by atoms with Crippen LogP contribution in [-0.2, 0) is 4.43 Å². The van der Waals surface area contributed by atoms with E-state index in [1.54, 1.807) is 0 Å². The Kier molecular flexibility index (Phi) is 7.16. The van der Waals surface area contributed by atoms with E-state index in [9.17, 15) is 0 Å². The fourth-order valence-electron chi connectivity index (χ4n) is 4.01. The SMILES string of the molecule is CCCCCC(C)[Si]1(CC(C)c2ccccc2)CCCCO1. The highest BCUT2D eigenvalue weighted by atomic mass is 28.4. The summed E-state index contributed by atoms with van der Waals surface area (Å²) >= 11 is 0. The van der Waals surface area contributed by atoms with Gasteiger partial charge in [0.25, 0.3) is 0 Å². The second-order valence-corrected chi connectivity index (χ2v) is 11.6. The lowest BCUT2D eigenvalue weighted by Crippen LogP contribution is -2.46. The molecule has 1 aromatic carbocycles. The van der Waals surface area contributed by atoms with Crippen LogP contribution in [0, 0.1) is 0 Å². The fourth-order valence-corrected chi connectivity index (χ4v) is 9.05. The molecule has 0 saturated carbocycles. The first-order valence-electron chi connectivity index (χ1n) is 9.37. The number of rotatable bonds is 8. The summed E-state index contributed by atoms with van der Waals surface area (Å²) in [5.41, 5.74) is 2.30. The van der Waals surface area contributed by atoms with Gasteiger partial charge in [0.2, 0.25) is 0 Å². The molecule has 2 heteroatoms. The average Bonchev–Trinajstić information content (AvgIpc) is 2.56. The standard InChI is InChI=1S/C20H34OSi/c1-4-5-7-12-19(3)22(16-11-10-15-21-22)17-18(2)20-13-8-6-9-14-20/h6,8-9,13-14,18-19H,4-5,7,10-12,15-17H2,1-3H3. The number of hydrogen-bond donors (Lipinski definition) is 0. The topological polar surface area (TPSA) is 9.23 Å². The first-order valence-corrected chi connectivity index (χ1v) is 11.8. The minimum Gasteiger partial charge on any atom is -0.417 e. The van der Waals surface area contributed by atoms with Crippen molar-refractivity contribution in [3.63, 3.8) is 0 Å². The Bertz CT molecular complexity index is 411. The van der Waals surface area contributed by atoms with Crippen LogP contribution < -0.4 is 0 Å². The zero-order chi connectivity index (χ0) is 15.8. The summed E-state index contributed by atoms with van der Waals surface area (Å²) in [6.45, 7) is 8.21. The molecule has 1 aliphatic rings. The molecule has 22 heavy (non-hydrogen) atoms. The third-order valence-electron chi connectivity index (χ3n) is 5.54. The molecule has 124 valence electrons. The molecule has 1 aliphatic heterocycles. The average molecular weight is 319 g/mol. The van der Waals surface area contributed by atoms with Crippen molar-refractivity contribution < 1.29 is 4.43 Å². The molecule has 0 spiro atoms. The van der Waals surface area contributed by atoms with Crippen molar-refractivity contribution in [2.24, 2.45) is 0 Å². The molecule has 0 aliphatic carbocycles. The Morgan fingerprint density at radius 1 is 1.09 bits per heavy atom. The lowest BCUT2D eigenvalue weighted by atomic mass is 10.0. The van der Waals surface area contributed by atoms with E-state index in [-0.39, 0.29) is 0 Å². The lowest BCUT2D eigenvalue weighted by molar-refractivity contribution is 0.254. The van der Waals surface area contributed by atoms with Gasteiger partial charge in [-0.1, -0.05) is 83.2 Å². The first-order chi connectivity index (χ1) is 10.7. The molecule has 0 N–H and O–H groups in total. The van der Waals surface area contributed by atoms with Crippen molar-refractivity contribution >= 4 is 8.32 Å². The number of benzene rings is 1. The molecule has 3 atom stereocenters. The zero-order valence-electron chi connectivity index (χ0n) is 14.8. The third kappa shape index (κ3) is 4.69. The minimum atomic E-state index is -1.58. The summed E-state index contributed by atoms with van der Waals surface area (Å²) < 4.78 is 6.59. The van der Waals surface area contributed by atoms with Crippen molar-refractivity contribution in [1.29, 1.82) is 0 Å². The second kappa shape index (κ2) is 8.88. The molecule has 0 aromatic heterocycles. The van der Waals surface area contributed by atoms with Crippen LogP contribution in [0.15, 0.2) is 30.3 Å². The van der Waals surface area contributed by atoms with E-state index < -0.39 is 8.32 Å². The molecular formula is C20H34OSi. The van der Waals surface area contributed by atoms with Gasteiger partial charge in [0.15, 0.2) is 8.32 Å². The predicted octanol–water partition coefficient (Wildman–Crippen LogP) is 6.52. The quantitative estimate of drug-likeness (QED) is 0.392. The summed E-state index contributed by atoms with van der Waals surface area (Å²) in [6.07, 6.45) is 8.13. The normalized spacial score (nSPS) is 24.9. The van der Waals surface area contributed by atoms with Crippen molar-refractivity contribution in [3.05, 3.63) is 35.9 Å². The van der Waals surface area contributed by atoms with Gasteiger partial charge in [-0.05, 0) is 35.5 Å². The van der Waals surface area contributed by atoms with Crippen molar-refractivity contribution in [2.45, 2.75) is 82.8 Å². The van der Waals surface area contributed by atoms with Crippen LogP contribution in [-0.4, -0.2) is 14.9 Å². The van der Waals surface area contributed by atoms with Gasteiger partial charge in [-0.15, -0.1) is 0 Å². The summed E-state index contributed by atoms with van der Waals surface area (Å²) in [7, 11) is -1.58. The van der Waals surface area contributed by atoms with Crippen molar-refractivity contribution in [3.8, 4) is 0 Å². The zero-order valence-corrected chi connectivity index (χ0v) is 15.8. The van der Waals surface area contributed by atoms with Gasteiger partial charge in [-0.2, -0.15) is 0 Å². The first kappa shape index (κ1) is 17.7. The van der Waals surface area contributed by atoms with E-state index in [4.69, 9.17) is 4.43 Å². The third-order valence-corrected chi connectivity index (χ3v) is 10.9. The fraction of sp³-hybridized carbons (Fsp3) is 0.700. The molecule has 0 bridgehead atoms. The molecule has 2 rings (SSSR count). The van der Waals surface area contributed by atoms with Crippen LogP contribution in [0.4, 0.5) is 0 Å². The van der Waals surface area contributed by atoms with E-state index in [0.29, 0.717) is 5.92 Å². The minimum absolute atomic E-state index is 0.639. The summed E-state index contributed by atoms with van der Waals surface area (Å²) in [5, 5.41) is 0. The molecular weight excluding hydrogens is 284 g/mol. The van der Waals surface area contributed by atoms with Crippen LogP contribution >= 0.6 is 0 Å². The van der Waals surface area contributed by atoms with Gasteiger partial charge in [-0.25, -0.2) is 0 Å². The Morgan fingerprint density at radius 3 is 2.50 bits per heavy atom. The summed E-state index contributed by atoms with van der Waals surface area (Å²) in [5.74, 6) is 0.639. The Hall–Kier alpha value is -0.603. The molecule has 1 saturated heterocycles. The van der Waals surface area contributed by atoms with Gasteiger partial charge in [-0.3, -0.25) is 0 Å². The highest BCUT2D eigenvalue weighted by molar-refractivity contribution is 6.75. The van der Waals surface area contributed by atoms with Gasteiger partial charge in [0.1, 0.15) is 0 Å². The highest BCUT2D eigenvalue weighted by Gasteiger charge is 2.42. The smallest absolute Gasteiger partial charge is 0.196 e. The van der Waals surface area contributed by atoms with E-state index in [1.807, 2.05) is 0 Å². The number of hydrogen-bond acceptors (Lipinski definition) is 1. The van der Waals surface area contributed by atoms with Crippen molar-refractivity contribution in [1.82, 2.24) is 0 Å². The molecule has 1 fully saturated rings. The van der Waals surface area contributed by atoms with Gasteiger partial charge in [0.05, 0.1) is 0 Å². The molecule has 1 nitrogen and oxygen atoms in total. The molecule has 1 heterocycles. The van der Waals surface area contributed by atoms with Crippen LogP contribution in [0.5, 0.6) is 0 Å². The maximum Gasteiger partial charge on any atom is 0.196 e. The monoisotopic (exact) mass is 318 g/mol. The van der Waals surface area contributed by atoms with Crippen molar-refractivity contribution in [2.75, 3.05) is 6.61 Å². The molecule has 0 radical (unpaired) electrons. The Morgan fingerprint density at radius 2 is 1.86 bits per heavy atom. The van der Waals surface area contributed by atoms with E-state index >= 15 is 0 Å². The summed E-state index contributed by atoms with van der Waals surface area (Å²) in [4.78, 5) is 0. The second-order valence-electron chi connectivity index (χ2n) is 7.28. The highest BCUT2D eigenvalue weighted by Crippen LogP contribution is 2.42. The molecule has 0 amide bonds. The van der Waals surface area contributed by atoms with Gasteiger partial charge < -0.3 is 4.43 Å². The van der Waals surface area contributed by atoms with E-state index in [2.05, 4.69) is 51.1 Å². The van der Waals surface area contributed by atoms with Gasteiger partial charge >= 0.3 is 0 Å². The lowest BCUT2D eigenvalue weighted by Gasteiger charge is -2.41. The van der Waals surface area contributed by atoms with Crippen LogP contribution in [0.25, 0.3) is 0 Å². The predicted molar refractivity (Wildman–Crippen MR) is 99.0 cm³/mol. The molecule has 1 aromatic rings. The number of unbranched alkanes of at least 4 members (excludes halogenated alkanes) is 2. The maximum absolute atomic E-state index is 6.59. The maximum atomic E-state index is 6.59. The summed E-state index contributed by atoms with van der Waals surface area (Å²) in [6, 6.07) is 13.7.